The van der Waals surface area contributed by atoms with Crippen molar-refractivity contribution in [2.24, 2.45) is 0 Å². The smallest absolute Gasteiger partial charge is 0.232 e. The lowest BCUT2D eigenvalue weighted by molar-refractivity contribution is 0.327. The standard InChI is InChI=1S/C25H31N5O2S/c1-4-5-14-33(31,32)29-19-10-11-23-22(15-19)21(18(2)27-23)12-13-30(3)17-20-16-26-24-8-6-7-9-25(24)28-20/h6-11,15-16,27,29H,4-5,12-14,17H2,1-3H3. The Morgan fingerprint density at radius 2 is 1.91 bits per heavy atom. The fraction of sp³-hybridized carbons (Fsp3) is 0.360. The van der Waals surface area contributed by atoms with Crippen LogP contribution in [0.25, 0.3) is 21.9 Å². The van der Waals surface area contributed by atoms with Crippen molar-refractivity contribution in [3.63, 3.8) is 0 Å². The van der Waals surface area contributed by atoms with Gasteiger partial charge in [-0.2, -0.15) is 0 Å². The molecule has 33 heavy (non-hydrogen) atoms. The van der Waals surface area contributed by atoms with Crippen molar-refractivity contribution >= 4 is 37.6 Å². The molecule has 0 aliphatic carbocycles. The first-order valence-corrected chi connectivity index (χ1v) is 13.0. The second-order valence-electron chi connectivity index (χ2n) is 8.60. The van der Waals surface area contributed by atoms with E-state index in [1.54, 1.807) is 0 Å². The van der Waals surface area contributed by atoms with Crippen molar-refractivity contribution < 1.29 is 8.42 Å². The molecule has 4 rings (SSSR count). The van der Waals surface area contributed by atoms with E-state index < -0.39 is 10.0 Å². The number of likely N-dealkylation sites (N-methyl/N-ethyl adjacent to an activating group) is 1. The second-order valence-corrected chi connectivity index (χ2v) is 10.4. The average molecular weight is 466 g/mol. The summed E-state index contributed by atoms with van der Waals surface area (Å²) < 4.78 is 27.4. The summed E-state index contributed by atoms with van der Waals surface area (Å²) in [6, 6.07) is 13.6. The Balaban J connectivity index is 1.46. The number of fused-ring (bicyclic) bond motifs is 2. The summed E-state index contributed by atoms with van der Waals surface area (Å²) in [7, 11) is -1.25. The van der Waals surface area contributed by atoms with Gasteiger partial charge in [-0.1, -0.05) is 25.5 Å². The van der Waals surface area contributed by atoms with Gasteiger partial charge in [0.25, 0.3) is 0 Å². The minimum absolute atomic E-state index is 0.142. The second kappa shape index (κ2) is 9.89. The summed E-state index contributed by atoms with van der Waals surface area (Å²) >= 11 is 0. The minimum Gasteiger partial charge on any atom is -0.358 e. The molecule has 2 N–H and O–H groups in total. The number of unbranched alkanes of at least 4 members (excludes halogenated alkanes) is 1. The van der Waals surface area contributed by atoms with Crippen LogP contribution in [-0.2, 0) is 23.0 Å². The molecule has 2 heterocycles. The van der Waals surface area contributed by atoms with Gasteiger partial charge in [-0.3, -0.25) is 9.71 Å². The summed E-state index contributed by atoms with van der Waals surface area (Å²) in [4.78, 5) is 14.9. The molecule has 4 aromatic rings. The van der Waals surface area contributed by atoms with Gasteiger partial charge in [-0.25, -0.2) is 13.4 Å². The Morgan fingerprint density at radius 3 is 2.70 bits per heavy atom. The van der Waals surface area contributed by atoms with Crippen molar-refractivity contribution in [1.82, 2.24) is 19.9 Å². The third-order valence-electron chi connectivity index (χ3n) is 5.83. The number of hydrogen-bond acceptors (Lipinski definition) is 5. The van der Waals surface area contributed by atoms with E-state index in [4.69, 9.17) is 4.98 Å². The van der Waals surface area contributed by atoms with Gasteiger partial charge < -0.3 is 9.88 Å². The van der Waals surface area contributed by atoms with E-state index in [-0.39, 0.29) is 5.75 Å². The van der Waals surface area contributed by atoms with Crippen LogP contribution in [-0.4, -0.2) is 47.6 Å². The highest BCUT2D eigenvalue weighted by Gasteiger charge is 2.14. The van der Waals surface area contributed by atoms with Crippen LogP contribution in [0, 0.1) is 6.92 Å². The quantitative estimate of drug-likeness (QED) is 0.356. The van der Waals surface area contributed by atoms with Gasteiger partial charge >= 0.3 is 0 Å². The number of sulfonamides is 1. The van der Waals surface area contributed by atoms with Gasteiger partial charge in [0.2, 0.25) is 10.0 Å². The molecule has 174 valence electrons. The SMILES string of the molecule is CCCCS(=O)(=O)Nc1ccc2[nH]c(C)c(CCN(C)Cc3cnc4ccccc4n3)c2c1. The maximum Gasteiger partial charge on any atom is 0.232 e. The molecule has 0 amide bonds. The summed E-state index contributed by atoms with van der Waals surface area (Å²) in [5.74, 6) is 0.142. The van der Waals surface area contributed by atoms with Crippen molar-refractivity contribution in [3.8, 4) is 0 Å². The van der Waals surface area contributed by atoms with E-state index in [9.17, 15) is 8.42 Å². The highest BCUT2D eigenvalue weighted by molar-refractivity contribution is 7.92. The number of hydrogen-bond donors (Lipinski definition) is 2. The molecule has 0 atom stereocenters. The van der Waals surface area contributed by atoms with Crippen LogP contribution >= 0.6 is 0 Å². The van der Waals surface area contributed by atoms with E-state index in [1.807, 2.05) is 55.6 Å². The third kappa shape index (κ3) is 5.69. The molecule has 8 heteroatoms. The molecule has 0 unspecified atom stereocenters. The topological polar surface area (TPSA) is 91.0 Å². The lowest BCUT2D eigenvalue weighted by Crippen LogP contribution is -2.21. The number of nitrogens with zero attached hydrogens (tertiary/aromatic N) is 3. The van der Waals surface area contributed by atoms with Crippen molar-refractivity contribution in [1.29, 1.82) is 0 Å². The van der Waals surface area contributed by atoms with Gasteiger partial charge in [-0.05, 0) is 62.7 Å². The van der Waals surface area contributed by atoms with Crippen LogP contribution in [0.15, 0.2) is 48.7 Å². The molecular weight excluding hydrogens is 434 g/mol. The molecule has 0 bridgehead atoms. The number of H-pyrrole nitrogens is 1. The number of aromatic amines is 1. The van der Waals surface area contributed by atoms with Crippen LogP contribution in [0.2, 0.25) is 0 Å². The molecule has 0 spiro atoms. The van der Waals surface area contributed by atoms with Crippen molar-refractivity contribution in [2.75, 3.05) is 24.1 Å². The van der Waals surface area contributed by atoms with Gasteiger partial charge in [-0.15, -0.1) is 0 Å². The first kappa shape index (κ1) is 23.2. The summed E-state index contributed by atoms with van der Waals surface area (Å²) in [6.45, 7) is 5.60. The Bertz CT molecular complexity index is 1360. The monoisotopic (exact) mass is 465 g/mol. The molecule has 2 aromatic heterocycles. The number of nitrogens with one attached hydrogen (secondary N) is 2. The molecule has 0 aliphatic heterocycles. The largest absolute Gasteiger partial charge is 0.358 e. The fourth-order valence-corrected chi connectivity index (χ4v) is 5.32. The predicted molar refractivity (Wildman–Crippen MR) is 135 cm³/mol. The predicted octanol–water partition coefficient (Wildman–Crippen LogP) is 4.64. The Kier molecular flexibility index (Phi) is 6.95. The highest BCUT2D eigenvalue weighted by atomic mass is 32.2. The molecule has 2 aromatic carbocycles. The molecule has 0 aliphatic rings. The Hall–Kier alpha value is -2.97. The Labute approximate surface area is 195 Å². The molecule has 0 saturated heterocycles. The molecule has 0 saturated carbocycles. The van der Waals surface area contributed by atoms with Gasteiger partial charge in [0, 0.05) is 35.4 Å². The van der Waals surface area contributed by atoms with Crippen LogP contribution in [0.1, 0.15) is 36.7 Å². The minimum atomic E-state index is -3.33. The third-order valence-corrected chi connectivity index (χ3v) is 7.21. The lowest BCUT2D eigenvalue weighted by atomic mass is 10.1. The highest BCUT2D eigenvalue weighted by Crippen LogP contribution is 2.26. The number of aromatic nitrogens is 3. The van der Waals surface area contributed by atoms with Crippen LogP contribution in [0.5, 0.6) is 0 Å². The van der Waals surface area contributed by atoms with E-state index >= 15 is 0 Å². The van der Waals surface area contributed by atoms with E-state index in [0.29, 0.717) is 18.7 Å². The lowest BCUT2D eigenvalue weighted by Gasteiger charge is -2.16. The zero-order valence-electron chi connectivity index (χ0n) is 19.4. The van der Waals surface area contributed by atoms with Crippen molar-refractivity contribution in [2.45, 2.75) is 39.7 Å². The molecule has 0 fully saturated rings. The van der Waals surface area contributed by atoms with Gasteiger partial charge in [0.1, 0.15) is 0 Å². The maximum absolute atomic E-state index is 12.3. The summed E-state index contributed by atoms with van der Waals surface area (Å²) in [5.41, 5.74) is 6.69. The number of benzene rings is 2. The first-order valence-electron chi connectivity index (χ1n) is 11.4. The first-order chi connectivity index (χ1) is 15.8. The molecule has 0 radical (unpaired) electrons. The van der Waals surface area contributed by atoms with Crippen molar-refractivity contribution in [3.05, 3.63) is 65.6 Å². The molecule has 7 nitrogen and oxygen atoms in total. The van der Waals surface area contributed by atoms with E-state index in [2.05, 4.69) is 33.6 Å². The van der Waals surface area contributed by atoms with Crippen LogP contribution in [0.3, 0.4) is 0 Å². The van der Waals surface area contributed by atoms with Gasteiger partial charge in [0.05, 0.1) is 28.7 Å². The number of rotatable bonds is 10. The van der Waals surface area contributed by atoms with Gasteiger partial charge in [0.15, 0.2) is 0 Å². The normalized spacial score (nSPS) is 12.1. The maximum atomic E-state index is 12.3. The number of para-hydroxylation sites is 2. The Morgan fingerprint density at radius 1 is 1.12 bits per heavy atom. The zero-order chi connectivity index (χ0) is 23.4. The van der Waals surface area contributed by atoms with Crippen LogP contribution < -0.4 is 4.72 Å². The summed E-state index contributed by atoms with van der Waals surface area (Å²) in [6.07, 6.45) is 4.18. The average Bonchev–Trinajstić information content (AvgIpc) is 3.10. The fourth-order valence-electron chi connectivity index (χ4n) is 4.06. The zero-order valence-corrected chi connectivity index (χ0v) is 20.2. The van der Waals surface area contributed by atoms with E-state index in [1.165, 1.54) is 5.56 Å². The number of anilines is 1. The van der Waals surface area contributed by atoms with Crippen LogP contribution in [0.4, 0.5) is 5.69 Å². The molecular formula is C25H31N5O2S. The summed E-state index contributed by atoms with van der Waals surface area (Å²) in [5, 5.41) is 1.06. The number of aryl methyl sites for hydroxylation is 1. The van der Waals surface area contributed by atoms with E-state index in [0.717, 1.165) is 52.7 Å².